The van der Waals surface area contributed by atoms with Crippen LogP contribution in [0.5, 0.6) is 5.75 Å². The van der Waals surface area contributed by atoms with E-state index in [1.165, 1.54) is 0 Å². The maximum Gasteiger partial charge on any atom is 0.215 e. The molecule has 4 nitrogen and oxygen atoms in total. The molecule has 0 saturated heterocycles. The summed E-state index contributed by atoms with van der Waals surface area (Å²) in [4.78, 5) is 0. The highest BCUT2D eigenvalue weighted by Gasteiger charge is 2.11. The summed E-state index contributed by atoms with van der Waals surface area (Å²) in [6.07, 6.45) is 0.459. The van der Waals surface area contributed by atoms with Gasteiger partial charge in [-0.3, -0.25) is 0 Å². The first-order valence-electron chi connectivity index (χ1n) is 6.35. The van der Waals surface area contributed by atoms with Gasteiger partial charge in [0.1, 0.15) is 5.75 Å². The lowest BCUT2D eigenvalue weighted by Gasteiger charge is -2.08. The van der Waals surface area contributed by atoms with Crippen molar-refractivity contribution in [2.24, 2.45) is 0 Å². The number of hydrogen-bond donors (Lipinski definition) is 2. The summed E-state index contributed by atoms with van der Waals surface area (Å²) in [5, 5.41) is 9.60. The van der Waals surface area contributed by atoms with Gasteiger partial charge in [0.2, 0.25) is 10.0 Å². The van der Waals surface area contributed by atoms with E-state index in [4.69, 9.17) is 0 Å². The van der Waals surface area contributed by atoms with Gasteiger partial charge in [-0.05, 0) is 23.6 Å². The molecule has 0 saturated carbocycles. The quantitative estimate of drug-likeness (QED) is 0.856. The first-order chi connectivity index (χ1) is 9.57. The molecule has 0 aromatic heterocycles. The van der Waals surface area contributed by atoms with E-state index >= 15 is 0 Å². The zero-order valence-electron chi connectivity index (χ0n) is 11.0. The lowest BCUT2D eigenvalue weighted by atomic mass is 10.1. The second-order valence-corrected chi connectivity index (χ2v) is 6.32. The van der Waals surface area contributed by atoms with Crippen LogP contribution in [0.25, 0.3) is 0 Å². The van der Waals surface area contributed by atoms with Crippen molar-refractivity contribution in [2.75, 3.05) is 6.54 Å². The Morgan fingerprint density at radius 2 is 1.60 bits per heavy atom. The van der Waals surface area contributed by atoms with Gasteiger partial charge in [0.05, 0.1) is 5.75 Å². The number of sulfonamides is 1. The van der Waals surface area contributed by atoms with Gasteiger partial charge in [0.15, 0.2) is 0 Å². The minimum atomic E-state index is -3.35. The SMILES string of the molecule is O=S(=O)(Cc1ccccc1)NCCc1ccccc1O. The summed E-state index contributed by atoms with van der Waals surface area (Å²) in [5.74, 6) is 0.156. The number of benzene rings is 2. The largest absolute Gasteiger partial charge is 0.508 e. The molecule has 0 bridgehead atoms. The van der Waals surface area contributed by atoms with Crippen LogP contribution in [0, 0.1) is 0 Å². The summed E-state index contributed by atoms with van der Waals surface area (Å²) in [7, 11) is -3.35. The van der Waals surface area contributed by atoms with E-state index in [1.807, 2.05) is 24.3 Å². The maximum absolute atomic E-state index is 11.9. The fourth-order valence-electron chi connectivity index (χ4n) is 1.91. The zero-order chi connectivity index (χ0) is 14.4. The molecule has 0 atom stereocenters. The summed E-state index contributed by atoms with van der Waals surface area (Å²) in [6, 6.07) is 16.0. The lowest BCUT2D eigenvalue weighted by molar-refractivity contribution is 0.467. The van der Waals surface area contributed by atoms with Crippen LogP contribution in [-0.2, 0) is 22.2 Å². The van der Waals surface area contributed by atoms with Crippen LogP contribution in [0.4, 0.5) is 0 Å². The van der Waals surface area contributed by atoms with Crippen molar-refractivity contribution in [1.82, 2.24) is 4.72 Å². The summed E-state index contributed by atoms with van der Waals surface area (Å²) in [6.45, 7) is 0.271. The predicted octanol–water partition coefficient (Wildman–Crippen LogP) is 2.05. The Balaban J connectivity index is 1.89. The van der Waals surface area contributed by atoms with Crippen molar-refractivity contribution in [1.29, 1.82) is 0 Å². The molecule has 0 fully saturated rings. The van der Waals surface area contributed by atoms with Gasteiger partial charge in [-0.25, -0.2) is 13.1 Å². The highest BCUT2D eigenvalue weighted by molar-refractivity contribution is 7.88. The predicted molar refractivity (Wildman–Crippen MR) is 78.9 cm³/mol. The first kappa shape index (κ1) is 14.6. The average molecular weight is 291 g/mol. The maximum atomic E-state index is 11.9. The van der Waals surface area contributed by atoms with E-state index in [-0.39, 0.29) is 18.0 Å². The van der Waals surface area contributed by atoms with Crippen LogP contribution in [0.2, 0.25) is 0 Å². The van der Waals surface area contributed by atoms with Crippen LogP contribution in [0.1, 0.15) is 11.1 Å². The molecule has 0 spiro atoms. The summed E-state index contributed by atoms with van der Waals surface area (Å²) in [5.41, 5.74) is 1.48. The van der Waals surface area contributed by atoms with Gasteiger partial charge in [-0.15, -0.1) is 0 Å². The first-order valence-corrected chi connectivity index (χ1v) is 8.00. The molecule has 0 aliphatic heterocycles. The Morgan fingerprint density at radius 1 is 0.950 bits per heavy atom. The van der Waals surface area contributed by atoms with Crippen molar-refractivity contribution in [3.05, 3.63) is 65.7 Å². The van der Waals surface area contributed by atoms with Crippen LogP contribution in [0.15, 0.2) is 54.6 Å². The minimum Gasteiger partial charge on any atom is -0.508 e. The molecule has 5 heteroatoms. The van der Waals surface area contributed by atoms with E-state index in [9.17, 15) is 13.5 Å². The highest BCUT2D eigenvalue weighted by Crippen LogP contribution is 2.15. The lowest BCUT2D eigenvalue weighted by Crippen LogP contribution is -2.27. The van der Waals surface area contributed by atoms with Crippen molar-refractivity contribution in [2.45, 2.75) is 12.2 Å². The smallest absolute Gasteiger partial charge is 0.215 e. The third kappa shape index (κ3) is 4.36. The molecule has 2 aromatic carbocycles. The molecule has 0 radical (unpaired) electrons. The fraction of sp³-hybridized carbons (Fsp3) is 0.200. The monoisotopic (exact) mass is 291 g/mol. The molecule has 0 aliphatic rings. The van der Waals surface area contributed by atoms with Gasteiger partial charge in [0, 0.05) is 6.54 Å². The van der Waals surface area contributed by atoms with Crippen molar-refractivity contribution >= 4 is 10.0 Å². The molecule has 0 aliphatic carbocycles. The van der Waals surface area contributed by atoms with Crippen LogP contribution in [-0.4, -0.2) is 20.1 Å². The molecular formula is C15H17NO3S. The molecule has 106 valence electrons. The minimum absolute atomic E-state index is 0.0331. The Hall–Kier alpha value is -1.85. The normalized spacial score (nSPS) is 11.4. The van der Waals surface area contributed by atoms with E-state index in [1.54, 1.807) is 30.3 Å². The van der Waals surface area contributed by atoms with Crippen molar-refractivity contribution in [3.8, 4) is 5.75 Å². The van der Waals surface area contributed by atoms with Gasteiger partial charge >= 0.3 is 0 Å². The number of aromatic hydroxyl groups is 1. The van der Waals surface area contributed by atoms with Crippen molar-refractivity contribution in [3.63, 3.8) is 0 Å². The van der Waals surface area contributed by atoms with Gasteiger partial charge in [-0.2, -0.15) is 0 Å². The number of para-hydroxylation sites is 1. The molecule has 2 N–H and O–H groups in total. The molecule has 0 heterocycles. The summed E-state index contributed by atoms with van der Waals surface area (Å²) < 4.78 is 26.3. The highest BCUT2D eigenvalue weighted by atomic mass is 32.2. The van der Waals surface area contributed by atoms with E-state index < -0.39 is 10.0 Å². The average Bonchev–Trinajstić information content (AvgIpc) is 2.41. The Labute approximate surface area is 119 Å². The fourth-order valence-corrected chi connectivity index (χ4v) is 3.05. The van der Waals surface area contributed by atoms with E-state index in [0.29, 0.717) is 6.42 Å². The second kappa shape index (κ2) is 6.54. The number of phenolic OH excluding ortho intramolecular Hbond substituents is 1. The topological polar surface area (TPSA) is 66.4 Å². The molecular weight excluding hydrogens is 274 g/mol. The zero-order valence-corrected chi connectivity index (χ0v) is 11.8. The third-order valence-electron chi connectivity index (χ3n) is 2.91. The number of hydrogen-bond acceptors (Lipinski definition) is 3. The van der Waals surface area contributed by atoms with E-state index in [0.717, 1.165) is 11.1 Å². The Morgan fingerprint density at radius 3 is 2.30 bits per heavy atom. The van der Waals surface area contributed by atoms with Crippen LogP contribution in [0.3, 0.4) is 0 Å². The molecule has 20 heavy (non-hydrogen) atoms. The Kier molecular flexibility index (Phi) is 4.76. The van der Waals surface area contributed by atoms with Crippen LogP contribution < -0.4 is 4.72 Å². The number of phenols is 1. The number of nitrogens with one attached hydrogen (secondary N) is 1. The third-order valence-corrected chi connectivity index (χ3v) is 4.26. The molecule has 0 amide bonds. The van der Waals surface area contributed by atoms with Crippen LogP contribution >= 0.6 is 0 Å². The van der Waals surface area contributed by atoms with Gasteiger partial charge in [0.25, 0.3) is 0 Å². The van der Waals surface area contributed by atoms with Crippen molar-refractivity contribution < 1.29 is 13.5 Å². The molecule has 2 aromatic rings. The molecule has 0 unspecified atom stereocenters. The molecule has 2 rings (SSSR count). The van der Waals surface area contributed by atoms with E-state index in [2.05, 4.69) is 4.72 Å². The van der Waals surface area contributed by atoms with Gasteiger partial charge in [-0.1, -0.05) is 48.5 Å². The standard InChI is InChI=1S/C15H17NO3S/c17-15-9-5-4-8-14(15)10-11-16-20(18,19)12-13-6-2-1-3-7-13/h1-9,16-17H,10-12H2. The second-order valence-electron chi connectivity index (χ2n) is 4.52. The summed E-state index contributed by atoms with van der Waals surface area (Å²) >= 11 is 0. The van der Waals surface area contributed by atoms with Gasteiger partial charge < -0.3 is 5.11 Å². The number of rotatable bonds is 6. The Bertz CT molecular complexity index is 654.